The van der Waals surface area contributed by atoms with E-state index in [-0.39, 0.29) is 5.91 Å². The molecule has 2 aromatic carbocycles. The van der Waals surface area contributed by atoms with Gasteiger partial charge in [0.2, 0.25) is 5.91 Å². The number of carbonyl (C=O) groups is 2. The number of nitrogens with zero attached hydrogens (tertiary/aromatic N) is 3. The lowest BCUT2D eigenvalue weighted by atomic mass is 10.1. The van der Waals surface area contributed by atoms with Crippen molar-refractivity contribution in [1.29, 1.82) is 0 Å². The van der Waals surface area contributed by atoms with Gasteiger partial charge in [-0.1, -0.05) is 18.2 Å². The number of rotatable bonds is 9. The quantitative estimate of drug-likeness (QED) is 0.500. The average molecular weight is 449 g/mol. The largest absolute Gasteiger partial charge is 0.497 e. The van der Waals surface area contributed by atoms with E-state index >= 15 is 0 Å². The number of benzene rings is 2. The highest BCUT2D eigenvalue weighted by molar-refractivity contribution is 6.07. The average Bonchev–Trinajstić information content (AvgIpc) is 3.27. The van der Waals surface area contributed by atoms with Gasteiger partial charge in [0.25, 0.3) is 5.91 Å². The second kappa shape index (κ2) is 11.0. The van der Waals surface area contributed by atoms with Gasteiger partial charge in [-0.05, 0) is 50.3 Å². The Hall–Kier alpha value is -4.07. The minimum atomic E-state index is -0.411. The van der Waals surface area contributed by atoms with Gasteiger partial charge < -0.3 is 19.7 Å². The van der Waals surface area contributed by atoms with Gasteiger partial charge in [0.15, 0.2) is 0 Å². The summed E-state index contributed by atoms with van der Waals surface area (Å²) in [6.45, 7) is 4.92. The summed E-state index contributed by atoms with van der Waals surface area (Å²) in [6.07, 6.45) is 4.50. The van der Waals surface area contributed by atoms with Crippen molar-refractivity contribution < 1.29 is 19.1 Å². The summed E-state index contributed by atoms with van der Waals surface area (Å²) in [6, 6.07) is 14.6. The Bertz CT molecular complexity index is 1130. The first-order valence-electron chi connectivity index (χ1n) is 10.7. The summed E-state index contributed by atoms with van der Waals surface area (Å²) in [5, 5.41) is 7.21. The highest BCUT2D eigenvalue weighted by Gasteiger charge is 2.23. The number of nitrogens with one attached hydrogen (secondary N) is 1. The van der Waals surface area contributed by atoms with Crippen molar-refractivity contribution in [3.8, 4) is 17.2 Å². The van der Waals surface area contributed by atoms with Gasteiger partial charge in [0, 0.05) is 24.7 Å². The van der Waals surface area contributed by atoms with Crippen LogP contribution in [-0.2, 0) is 4.79 Å². The molecule has 1 heterocycles. The molecule has 0 saturated carbocycles. The summed E-state index contributed by atoms with van der Waals surface area (Å²) in [5.41, 5.74) is 1.73. The second-order valence-corrected chi connectivity index (χ2v) is 7.06. The standard InChI is InChI=1S/C25H28N4O4/c1-5-28(6-2)25(31)21-17-26-29(19-10-8-7-9-11-19)24(21)27-23(30)15-12-18-16-20(32-3)13-14-22(18)33-4/h7-17H,5-6H2,1-4H3,(H,27,30)/b15-12+. The Morgan fingerprint density at radius 1 is 1.06 bits per heavy atom. The smallest absolute Gasteiger partial charge is 0.259 e. The zero-order valence-corrected chi connectivity index (χ0v) is 19.2. The van der Waals surface area contributed by atoms with Gasteiger partial charge in [0.05, 0.1) is 26.1 Å². The number of amides is 2. The Morgan fingerprint density at radius 2 is 1.79 bits per heavy atom. The maximum absolute atomic E-state index is 13.1. The molecule has 0 aliphatic rings. The van der Waals surface area contributed by atoms with Crippen molar-refractivity contribution in [2.24, 2.45) is 0 Å². The number of para-hydroxylation sites is 1. The molecule has 1 N–H and O–H groups in total. The van der Waals surface area contributed by atoms with Crippen LogP contribution in [0, 0.1) is 0 Å². The molecule has 0 spiro atoms. The van der Waals surface area contributed by atoms with Crippen LogP contribution in [0.5, 0.6) is 11.5 Å². The van der Waals surface area contributed by atoms with Crippen LogP contribution in [0.4, 0.5) is 5.82 Å². The molecular weight excluding hydrogens is 420 g/mol. The van der Waals surface area contributed by atoms with E-state index in [2.05, 4.69) is 10.4 Å². The monoisotopic (exact) mass is 448 g/mol. The zero-order valence-electron chi connectivity index (χ0n) is 19.2. The molecule has 0 atom stereocenters. The predicted molar refractivity (Wildman–Crippen MR) is 128 cm³/mol. The highest BCUT2D eigenvalue weighted by Crippen LogP contribution is 2.26. The first-order chi connectivity index (χ1) is 16.0. The lowest BCUT2D eigenvalue weighted by Gasteiger charge is -2.19. The third kappa shape index (κ3) is 5.41. The van der Waals surface area contributed by atoms with E-state index in [4.69, 9.17) is 9.47 Å². The molecule has 0 saturated heterocycles. The number of ether oxygens (including phenoxy) is 2. The lowest BCUT2D eigenvalue weighted by molar-refractivity contribution is -0.111. The van der Waals surface area contributed by atoms with Gasteiger partial charge in [-0.25, -0.2) is 4.68 Å². The molecule has 0 radical (unpaired) electrons. The molecule has 8 nitrogen and oxygen atoms in total. The van der Waals surface area contributed by atoms with E-state index < -0.39 is 5.91 Å². The molecule has 0 bridgehead atoms. The van der Waals surface area contributed by atoms with E-state index in [1.165, 1.54) is 12.3 Å². The molecule has 0 aliphatic heterocycles. The van der Waals surface area contributed by atoms with Crippen molar-refractivity contribution in [2.45, 2.75) is 13.8 Å². The molecule has 8 heteroatoms. The van der Waals surface area contributed by atoms with Gasteiger partial charge in [-0.3, -0.25) is 9.59 Å². The maximum Gasteiger partial charge on any atom is 0.259 e. The second-order valence-electron chi connectivity index (χ2n) is 7.06. The van der Waals surface area contributed by atoms with E-state index in [9.17, 15) is 9.59 Å². The first kappa shape index (κ1) is 23.6. The molecule has 3 aromatic rings. The molecule has 2 amide bonds. The van der Waals surface area contributed by atoms with Gasteiger partial charge in [-0.2, -0.15) is 5.10 Å². The van der Waals surface area contributed by atoms with Crippen molar-refractivity contribution in [3.63, 3.8) is 0 Å². The number of carbonyl (C=O) groups excluding carboxylic acids is 2. The number of methoxy groups -OCH3 is 2. The van der Waals surface area contributed by atoms with Crippen LogP contribution in [-0.4, -0.2) is 53.8 Å². The minimum absolute atomic E-state index is 0.198. The third-order valence-corrected chi connectivity index (χ3v) is 5.14. The normalized spacial score (nSPS) is 10.8. The molecule has 172 valence electrons. The highest BCUT2D eigenvalue weighted by atomic mass is 16.5. The van der Waals surface area contributed by atoms with Crippen LogP contribution < -0.4 is 14.8 Å². The van der Waals surface area contributed by atoms with Crippen molar-refractivity contribution in [3.05, 3.63) is 71.9 Å². The number of aromatic nitrogens is 2. The van der Waals surface area contributed by atoms with Crippen LogP contribution >= 0.6 is 0 Å². The molecular formula is C25H28N4O4. The fourth-order valence-electron chi connectivity index (χ4n) is 3.36. The molecule has 0 unspecified atom stereocenters. The zero-order chi connectivity index (χ0) is 23.8. The molecule has 33 heavy (non-hydrogen) atoms. The molecule has 1 aromatic heterocycles. The summed E-state index contributed by atoms with van der Waals surface area (Å²) in [4.78, 5) is 27.6. The Kier molecular flexibility index (Phi) is 7.86. The Morgan fingerprint density at radius 3 is 2.42 bits per heavy atom. The third-order valence-electron chi connectivity index (χ3n) is 5.14. The maximum atomic E-state index is 13.1. The number of anilines is 1. The van der Waals surface area contributed by atoms with Crippen LogP contribution in [0.1, 0.15) is 29.8 Å². The van der Waals surface area contributed by atoms with Crippen LogP contribution in [0.25, 0.3) is 11.8 Å². The van der Waals surface area contributed by atoms with Crippen LogP contribution in [0.2, 0.25) is 0 Å². The van der Waals surface area contributed by atoms with E-state index in [1.807, 2.05) is 44.2 Å². The summed E-state index contributed by atoms with van der Waals surface area (Å²) in [7, 11) is 3.13. The van der Waals surface area contributed by atoms with Gasteiger partial charge >= 0.3 is 0 Å². The van der Waals surface area contributed by atoms with Gasteiger partial charge in [0.1, 0.15) is 22.9 Å². The first-order valence-corrected chi connectivity index (χ1v) is 10.7. The van der Waals surface area contributed by atoms with Crippen molar-refractivity contribution in [2.75, 3.05) is 32.6 Å². The van der Waals surface area contributed by atoms with Crippen molar-refractivity contribution >= 4 is 23.7 Å². The Labute approximate surface area is 193 Å². The van der Waals surface area contributed by atoms with E-state index in [0.29, 0.717) is 41.5 Å². The summed E-state index contributed by atoms with van der Waals surface area (Å²) >= 11 is 0. The van der Waals surface area contributed by atoms with Gasteiger partial charge in [-0.15, -0.1) is 0 Å². The molecule has 0 aliphatic carbocycles. The summed E-state index contributed by atoms with van der Waals surface area (Å²) in [5.74, 6) is 0.948. The van der Waals surface area contributed by atoms with E-state index in [1.54, 1.807) is 48.1 Å². The summed E-state index contributed by atoms with van der Waals surface area (Å²) < 4.78 is 12.2. The van der Waals surface area contributed by atoms with E-state index in [0.717, 1.165) is 5.69 Å². The van der Waals surface area contributed by atoms with Crippen LogP contribution in [0.15, 0.2) is 60.8 Å². The molecule has 0 fully saturated rings. The topological polar surface area (TPSA) is 85.7 Å². The minimum Gasteiger partial charge on any atom is -0.497 e. The van der Waals surface area contributed by atoms with Crippen molar-refractivity contribution in [1.82, 2.24) is 14.7 Å². The van der Waals surface area contributed by atoms with Crippen LogP contribution in [0.3, 0.4) is 0 Å². The lowest BCUT2D eigenvalue weighted by Crippen LogP contribution is -2.31. The SMILES string of the molecule is CCN(CC)C(=O)c1cnn(-c2ccccc2)c1NC(=O)/C=C/c1cc(OC)ccc1OC. The number of hydrogen-bond acceptors (Lipinski definition) is 5. The fraction of sp³-hybridized carbons (Fsp3) is 0.240. The predicted octanol–water partition coefficient (Wildman–Crippen LogP) is 4.02. The number of hydrogen-bond donors (Lipinski definition) is 1. The molecule has 3 rings (SSSR count). The Balaban J connectivity index is 1.94. The fourth-order valence-corrected chi connectivity index (χ4v) is 3.36.